The van der Waals surface area contributed by atoms with Crippen LogP contribution >= 0.6 is 0 Å². The topological polar surface area (TPSA) is 65.4 Å². The average Bonchev–Trinajstić information content (AvgIpc) is 3.04. The summed E-state index contributed by atoms with van der Waals surface area (Å²) in [6.07, 6.45) is 3.66. The largest absolute Gasteiger partial charge is 0.378 e. The lowest BCUT2D eigenvalue weighted by Gasteiger charge is -2.12. The number of amides is 1. The summed E-state index contributed by atoms with van der Waals surface area (Å²) < 4.78 is 5.45. The van der Waals surface area contributed by atoms with Crippen molar-refractivity contribution >= 4 is 17.7 Å². The second-order valence-electron chi connectivity index (χ2n) is 5.50. The van der Waals surface area contributed by atoms with Gasteiger partial charge in [0.05, 0.1) is 6.10 Å². The molecule has 1 aromatic rings. The molecule has 5 nitrogen and oxygen atoms in total. The van der Waals surface area contributed by atoms with Gasteiger partial charge in [0.25, 0.3) is 5.91 Å². The van der Waals surface area contributed by atoms with Crippen molar-refractivity contribution in [2.45, 2.75) is 18.9 Å². The van der Waals surface area contributed by atoms with E-state index in [0.29, 0.717) is 6.54 Å². The predicted molar refractivity (Wildman–Crippen MR) is 86.3 cm³/mol. The molecule has 0 spiro atoms. The van der Waals surface area contributed by atoms with E-state index in [-0.39, 0.29) is 17.6 Å². The van der Waals surface area contributed by atoms with Crippen LogP contribution in [0.25, 0.3) is 6.08 Å². The fourth-order valence-corrected chi connectivity index (χ4v) is 2.29. The van der Waals surface area contributed by atoms with Crippen LogP contribution in [0.15, 0.2) is 29.8 Å². The first-order chi connectivity index (χ1) is 10.6. The van der Waals surface area contributed by atoms with Crippen LogP contribution < -0.4 is 10.2 Å². The molecule has 22 heavy (non-hydrogen) atoms. The Balaban J connectivity index is 1.99. The number of nitrogens with one attached hydrogen (secondary N) is 1. The maximum absolute atomic E-state index is 12.0. The Kier molecular flexibility index (Phi) is 5.56. The minimum Gasteiger partial charge on any atom is -0.378 e. The van der Waals surface area contributed by atoms with Gasteiger partial charge in [-0.1, -0.05) is 12.1 Å². The molecule has 1 saturated heterocycles. The molecule has 0 aliphatic carbocycles. The highest BCUT2D eigenvalue weighted by Crippen LogP contribution is 2.15. The highest BCUT2D eigenvalue weighted by molar-refractivity contribution is 6.01. The standard InChI is InChI=1S/C17H21N3O2/c1-20(2)15-7-5-13(6-8-15)10-14(11-18)17(21)19-12-16-4-3-9-22-16/h5-8,10,16H,3-4,9,12H2,1-2H3,(H,19,21)/b14-10-. The number of carbonyl (C=O) groups excluding carboxylic acids is 1. The molecule has 1 N–H and O–H groups in total. The third kappa shape index (κ3) is 4.34. The van der Waals surface area contributed by atoms with Crippen molar-refractivity contribution < 1.29 is 9.53 Å². The van der Waals surface area contributed by atoms with Crippen LogP contribution in [0.3, 0.4) is 0 Å². The van der Waals surface area contributed by atoms with Crippen LogP contribution in [0.2, 0.25) is 0 Å². The summed E-state index contributed by atoms with van der Waals surface area (Å²) in [6, 6.07) is 9.64. The fraction of sp³-hybridized carbons (Fsp3) is 0.412. The van der Waals surface area contributed by atoms with Gasteiger partial charge >= 0.3 is 0 Å². The Morgan fingerprint density at radius 3 is 2.73 bits per heavy atom. The molecule has 1 heterocycles. The highest BCUT2D eigenvalue weighted by atomic mass is 16.5. The molecule has 1 atom stereocenters. The van der Waals surface area contributed by atoms with Gasteiger partial charge in [0.15, 0.2) is 0 Å². The van der Waals surface area contributed by atoms with Crippen molar-refractivity contribution in [2.75, 3.05) is 32.1 Å². The van der Waals surface area contributed by atoms with Gasteiger partial charge in [-0.15, -0.1) is 0 Å². The van der Waals surface area contributed by atoms with E-state index in [4.69, 9.17) is 4.74 Å². The maximum Gasteiger partial charge on any atom is 0.262 e. The van der Waals surface area contributed by atoms with Gasteiger partial charge < -0.3 is 15.0 Å². The van der Waals surface area contributed by atoms with Crippen LogP contribution in [0.1, 0.15) is 18.4 Å². The normalized spacial score (nSPS) is 17.9. The minimum atomic E-state index is -0.352. The number of rotatable bonds is 5. The van der Waals surface area contributed by atoms with Crippen LogP contribution in [0.5, 0.6) is 0 Å². The maximum atomic E-state index is 12.0. The van der Waals surface area contributed by atoms with Gasteiger partial charge in [-0.25, -0.2) is 0 Å². The second-order valence-corrected chi connectivity index (χ2v) is 5.50. The van der Waals surface area contributed by atoms with Crippen molar-refractivity contribution in [3.05, 3.63) is 35.4 Å². The molecule has 0 bridgehead atoms. The number of hydrogen-bond donors (Lipinski definition) is 1. The molecular formula is C17H21N3O2. The first-order valence-electron chi connectivity index (χ1n) is 7.39. The lowest BCUT2D eigenvalue weighted by atomic mass is 10.1. The molecule has 1 aliphatic heterocycles. The average molecular weight is 299 g/mol. The monoisotopic (exact) mass is 299 g/mol. The van der Waals surface area contributed by atoms with Crippen LogP contribution in [0, 0.1) is 11.3 Å². The van der Waals surface area contributed by atoms with Crippen molar-refractivity contribution in [3.63, 3.8) is 0 Å². The summed E-state index contributed by atoms with van der Waals surface area (Å²) in [5.41, 5.74) is 2.00. The zero-order valence-electron chi connectivity index (χ0n) is 13.0. The van der Waals surface area contributed by atoms with Gasteiger partial charge in [-0.2, -0.15) is 5.26 Å². The first kappa shape index (κ1) is 16.1. The number of carbonyl (C=O) groups is 1. The lowest BCUT2D eigenvalue weighted by molar-refractivity contribution is -0.117. The summed E-state index contributed by atoms with van der Waals surface area (Å²) >= 11 is 0. The van der Waals surface area contributed by atoms with Gasteiger partial charge in [-0.05, 0) is 36.6 Å². The van der Waals surface area contributed by atoms with Crippen molar-refractivity contribution in [1.82, 2.24) is 5.32 Å². The van der Waals surface area contributed by atoms with E-state index in [9.17, 15) is 10.1 Å². The van der Waals surface area contributed by atoms with Crippen molar-refractivity contribution in [1.29, 1.82) is 5.26 Å². The lowest BCUT2D eigenvalue weighted by Crippen LogP contribution is -2.32. The third-order valence-electron chi connectivity index (χ3n) is 3.60. The summed E-state index contributed by atoms with van der Waals surface area (Å²) in [5, 5.41) is 11.9. The molecule has 0 saturated carbocycles. The number of benzene rings is 1. The number of nitrogens with zero attached hydrogens (tertiary/aromatic N) is 2. The Morgan fingerprint density at radius 2 is 2.18 bits per heavy atom. The third-order valence-corrected chi connectivity index (χ3v) is 3.60. The van der Waals surface area contributed by atoms with E-state index in [1.807, 2.05) is 49.3 Å². The zero-order valence-corrected chi connectivity index (χ0v) is 13.0. The molecular weight excluding hydrogens is 278 g/mol. The first-order valence-corrected chi connectivity index (χ1v) is 7.39. The summed E-state index contributed by atoms with van der Waals surface area (Å²) in [7, 11) is 3.92. The number of anilines is 1. The SMILES string of the molecule is CN(C)c1ccc(/C=C(/C#N)C(=O)NCC2CCCO2)cc1. The van der Waals surface area contributed by atoms with E-state index < -0.39 is 0 Å². The zero-order chi connectivity index (χ0) is 15.9. The number of nitriles is 1. The van der Waals surface area contributed by atoms with E-state index in [1.165, 1.54) is 0 Å². The van der Waals surface area contributed by atoms with E-state index in [2.05, 4.69) is 5.32 Å². The Labute approximate surface area is 131 Å². The smallest absolute Gasteiger partial charge is 0.262 e. The summed E-state index contributed by atoms with van der Waals surface area (Å²) in [5.74, 6) is -0.352. The second kappa shape index (κ2) is 7.62. The van der Waals surface area contributed by atoms with Gasteiger partial charge in [-0.3, -0.25) is 4.79 Å². The van der Waals surface area contributed by atoms with Crippen LogP contribution in [-0.2, 0) is 9.53 Å². The molecule has 1 amide bonds. The van der Waals surface area contributed by atoms with E-state index >= 15 is 0 Å². The Bertz CT molecular complexity index is 579. The Hall–Kier alpha value is -2.32. The number of hydrogen-bond acceptors (Lipinski definition) is 4. The molecule has 2 rings (SSSR count). The Morgan fingerprint density at radius 1 is 1.45 bits per heavy atom. The molecule has 1 unspecified atom stereocenters. The predicted octanol–water partition coefficient (Wildman–Crippen LogP) is 1.95. The fourth-order valence-electron chi connectivity index (χ4n) is 2.29. The molecule has 1 aromatic carbocycles. The summed E-state index contributed by atoms with van der Waals surface area (Å²) in [6.45, 7) is 1.21. The van der Waals surface area contributed by atoms with Crippen LogP contribution in [-0.4, -0.2) is 39.3 Å². The van der Waals surface area contributed by atoms with Gasteiger partial charge in [0.2, 0.25) is 0 Å². The molecule has 1 fully saturated rings. The van der Waals surface area contributed by atoms with Crippen molar-refractivity contribution in [2.24, 2.45) is 0 Å². The number of ether oxygens (including phenoxy) is 1. The van der Waals surface area contributed by atoms with E-state index in [0.717, 1.165) is 30.7 Å². The molecule has 5 heteroatoms. The highest BCUT2D eigenvalue weighted by Gasteiger charge is 2.17. The summed E-state index contributed by atoms with van der Waals surface area (Å²) in [4.78, 5) is 14.0. The van der Waals surface area contributed by atoms with E-state index in [1.54, 1.807) is 6.08 Å². The van der Waals surface area contributed by atoms with Crippen LogP contribution in [0.4, 0.5) is 5.69 Å². The molecule has 0 aromatic heterocycles. The van der Waals surface area contributed by atoms with Gasteiger partial charge in [0.1, 0.15) is 11.6 Å². The quantitative estimate of drug-likeness (QED) is 0.667. The minimum absolute atomic E-state index is 0.0725. The van der Waals surface area contributed by atoms with Gasteiger partial charge in [0, 0.05) is 32.9 Å². The van der Waals surface area contributed by atoms with Crippen molar-refractivity contribution in [3.8, 4) is 6.07 Å². The molecule has 1 aliphatic rings. The molecule has 116 valence electrons. The molecule has 0 radical (unpaired) electrons.